The lowest BCUT2D eigenvalue weighted by atomic mass is 10.2. The fourth-order valence-corrected chi connectivity index (χ4v) is 3.54. The molecule has 1 aromatic carbocycles. The van der Waals surface area contributed by atoms with Gasteiger partial charge < -0.3 is 15.0 Å². The summed E-state index contributed by atoms with van der Waals surface area (Å²) in [4.78, 5) is 26.8. The van der Waals surface area contributed by atoms with E-state index in [1.54, 1.807) is 24.1 Å². The Balaban J connectivity index is 1.66. The maximum atomic E-state index is 12.7. The maximum absolute atomic E-state index is 12.7. The molecule has 2 N–H and O–H groups in total. The Bertz CT molecular complexity index is 794. The number of methoxy groups -OCH3 is 1. The van der Waals surface area contributed by atoms with E-state index in [4.69, 9.17) is 4.74 Å². The third-order valence-corrected chi connectivity index (χ3v) is 5.15. The zero-order chi connectivity index (χ0) is 18.5. The number of aryl methyl sites for hydroxylation is 1. The number of anilines is 2. The fraction of sp³-hybridized carbons (Fsp3) is 0.412. The molecule has 1 aliphatic heterocycles. The van der Waals surface area contributed by atoms with Crippen molar-refractivity contribution in [2.75, 3.05) is 24.3 Å². The van der Waals surface area contributed by atoms with E-state index in [1.807, 2.05) is 19.1 Å². The minimum Gasteiger partial charge on any atom is -0.495 e. The smallest absolute Gasteiger partial charge is 0.322 e. The van der Waals surface area contributed by atoms with Gasteiger partial charge in [0.15, 0.2) is 0 Å². The minimum atomic E-state index is -0.529. The highest BCUT2D eigenvalue weighted by Crippen LogP contribution is 2.26. The van der Waals surface area contributed by atoms with E-state index >= 15 is 0 Å². The highest BCUT2D eigenvalue weighted by molar-refractivity contribution is 7.15. The average Bonchev–Trinajstić information content (AvgIpc) is 3.31. The molecule has 2 heterocycles. The van der Waals surface area contributed by atoms with Gasteiger partial charge in [0.2, 0.25) is 11.0 Å². The van der Waals surface area contributed by atoms with E-state index in [1.165, 1.54) is 11.3 Å². The topological polar surface area (TPSA) is 96.5 Å². The zero-order valence-corrected chi connectivity index (χ0v) is 15.5. The first-order valence-electron chi connectivity index (χ1n) is 8.46. The van der Waals surface area contributed by atoms with Crippen LogP contribution in [-0.4, -0.2) is 46.7 Å². The summed E-state index contributed by atoms with van der Waals surface area (Å²) in [6.45, 7) is 2.50. The highest BCUT2D eigenvalue weighted by atomic mass is 32.1. The van der Waals surface area contributed by atoms with Crippen LogP contribution in [0.2, 0.25) is 0 Å². The molecule has 138 valence electrons. The normalized spacial score (nSPS) is 16.4. The van der Waals surface area contributed by atoms with Crippen LogP contribution < -0.4 is 15.4 Å². The first-order valence-corrected chi connectivity index (χ1v) is 9.28. The molecule has 0 spiro atoms. The number of ether oxygens (including phenoxy) is 1. The zero-order valence-electron chi connectivity index (χ0n) is 14.7. The summed E-state index contributed by atoms with van der Waals surface area (Å²) in [5.74, 6) is 0.332. The summed E-state index contributed by atoms with van der Waals surface area (Å²) in [5.41, 5.74) is 0.572. The number of hydrogen-bond donors (Lipinski definition) is 2. The number of likely N-dealkylation sites (tertiary alicyclic amines) is 1. The fourth-order valence-electron chi connectivity index (χ4n) is 2.85. The second-order valence-electron chi connectivity index (χ2n) is 5.83. The first kappa shape index (κ1) is 18.1. The van der Waals surface area contributed by atoms with Crippen molar-refractivity contribution in [2.24, 2.45) is 0 Å². The summed E-state index contributed by atoms with van der Waals surface area (Å²) < 4.78 is 5.25. The summed E-state index contributed by atoms with van der Waals surface area (Å²) in [6.07, 6.45) is 2.16. The number of amides is 3. The van der Waals surface area contributed by atoms with Crippen LogP contribution in [0.5, 0.6) is 5.75 Å². The van der Waals surface area contributed by atoms with Gasteiger partial charge in [-0.05, 0) is 31.4 Å². The minimum absolute atomic E-state index is 0.239. The molecule has 1 fully saturated rings. The van der Waals surface area contributed by atoms with E-state index in [0.29, 0.717) is 29.5 Å². The molecule has 1 aromatic heterocycles. The van der Waals surface area contributed by atoms with Crippen LogP contribution in [0.25, 0.3) is 0 Å². The summed E-state index contributed by atoms with van der Waals surface area (Å²) >= 11 is 1.35. The van der Waals surface area contributed by atoms with Gasteiger partial charge in [-0.1, -0.05) is 30.4 Å². The van der Waals surface area contributed by atoms with Crippen molar-refractivity contribution in [2.45, 2.75) is 32.2 Å². The summed E-state index contributed by atoms with van der Waals surface area (Å²) in [6, 6.07) is 6.32. The van der Waals surface area contributed by atoms with Crippen LogP contribution in [0.4, 0.5) is 15.6 Å². The average molecular weight is 375 g/mol. The lowest BCUT2D eigenvalue weighted by Gasteiger charge is -2.24. The quantitative estimate of drug-likeness (QED) is 0.838. The molecule has 1 saturated heterocycles. The van der Waals surface area contributed by atoms with Gasteiger partial charge in [0.25, 0.3) is 0 Å². The number of aromatic nitrogens is 2. The molecule has 2 aromatic rings. The molecule has 0 saturated carbocycles. The van der Waals surface area contributed by atoms with E-state index in [0.717, 1.165) is 17.8 Å². The van der Waals surface area contributed by atoms with Crippen molar-refractivity contribution in [1.29, 1.82) is 0 Å². The standard InChI is InChI=1S/C17H21N5O3S/c1-3-14-20-21-16(26-14)19-15(23)12-8-6-10-22(12)17(24)18-11-7-4-5-9-13(11)25-2/h4-5,7,9,12H,3,6,8,10H2,1-2H3,(H,18,24)(H,19,21,23)/t12-/m0/s1. The molecule has 3 amide bonds. The number of nitrogens with one attached hydrogen (secondary N) is 2. The summed E-state index contributed by atoms with van der Waals surface area (Å²) in [7, 11) is 1.55. The molecule has 8 nitrogen and oxygen atoms in total. The van der Waals surface area contributed by atoms with Gasteiger partial charge in [-0.15, -0.1) is 10.2 Å². The van der Waals surface area contributed by atoms with Gasteiger partial charge in [-0.25, -0.2) is 4.79 Å². The van der Waals surface area contributed by atoms with Crippen LogP contribution >= 0.6 is 11.3 Å². The van der Waals surface area contributed by atoms with Crippen molar-refractivity contribution in [1.82, 2.24) is 15.1 Å². The monoisotopic (exact) mass is 375 g/mol. The Hall–Kier alpha value is -2.68. The lowest BCUT2D eigenvalue weighted by molar-refractivity contribution is -0.119. The van der Waals surface area contributed by atoms with Crippen molar-refractivity contribution in [3.63, 3.8) is 0 Å². The molecule has 1 aliphatic rings. The second kappa shape index (κ2) is 8.13. The number of hydrogen-bond acceptors (Lipinski definition) is 6. The largest absolute Gasteiger partial charge is 0.495 e. The Morgan fingerprint density at radius 2 is 2.12 bits per heavy atom. The molecule has 0 bridgehead atoms. The number of carbonyl (C=O) groups is 2. The Labute approximate surface area is 155 Å². The molecular weight excluding hydrogens is 354 g/mol. The van der Waals surface area contributed by atoms with Crippen molar-refractivity contribution >= 4 is 34.1 Å². The predicted octanol–water partition coefficient (Wildman–Crippen LogP) is 2.74. The van der Waals surface area contributed by atoms with Crippen LogP contribution in [-0.2, 0) is 11.2 Å². The number of carbonyl (C=O) groups excluding carboxylic acids is 2. The van der Waals surface area contributed by atoms with Crippen molar-refractivity contribution in [3.8, 4) is 5.75 Å². The van der Waals surface area contributed by atoms with Crippen molar-refractivity contribution < 1.29 is 14.3 Å². The van der Waals surface area contributed by atoms with E-state index < -0.39 is 6.04 Å². The van der Waals surface area contributed by atoms with Gasteiger partial charge in [0, 0.05) is 6.54 Å². The van der Waals surface area contributed by atoms with Gasteiger partial charge in [-0.2, -0.15) is 0 Å². The molecule has 0 radical (unpaired) electrons. The Kier molecular flexibility index (Phi) is 5.67. The van der Waals surface area contributed by atoms with Gasteiger partial charge in [-0.3, -0.25) is 10.1 Å². The van der Waals surface area contributed by atoms with E-state index in [-0.39, 0.29) is 11.9 Å². The van der Waals surface area contributed by atoms with Gasteiger partial charge in [0.05, 0.1) is 12.8 Å². The molecule has 0 aliphatic carbocycles. The molecule has 26 heavy (non-hydrogen) atoms. The molecule has 3 rings (SSSR count). The van der Waals surface area contributed by atoms with Crippen LogP contribution in [0.3, 0.4) is 0 Å². The molecule has 0 unspecified atom stereocenters. The van der Waals surface area contributed by atoms with Crippen LogP contribution in [0.1, 0.15) is 24.8 Å². The first-order chi connectivity index (χ1) is 12.6. The highest BCUT2D eigenvalue weighted by Gasteiger charge is 2.34. The molecule has 1 atom stereocenters. The summed E-state index contributed by atoms with van der Waals surface area (Å²) in [5, 5.41) is 14.9. The van der Waals surface area contributed by atoms with Crippen LogP contribution in [0.15, 0.2) is 24.3 Å². The van der Waals surface area contributed by atoms with Crippen molar-refractivity contribution in [3.05, 3.63) is 29.3 Å². The van der Waals surface area contributed by atoms with Crippen LogP contribution in [0, 0.1) is 0 Å². The lowest BCUT2D eigenvalue weighted by Crippen LogP contribution is -2.45. The SMILES string of the molecule is CCc1nnc(NC(=O)[C@@H]2CCCN2C(=O)Nc2ccccc2OC)s1. The second-order valence-corrected chi connectivity index (χ2v) is 6.89. The number of urea groups is 1. The molecular formula is C17H21N5O3S. The third kappa shape index (κ3) is 3.93. The predicted molar refractivity (Wildman–Crippen MR) is 99.7 cm³/mol. The molecule has 9 heteroatoms. The van der Waals surface area contributed by atoms with E-state index in [2.05, 4.69) is 20.8 Å². The Morgan fingerprint density at radius 1 is 1.31 bits per heavy atom. The third-order valence-electron chi connectivity index (χ3n) is 4.16. The number of para-hydroxylation sites is 2. The number of benzene rings is 1. The van der Waals surface area contributed by atoms with Gasteiger partial charge >= 0.3 is 6.03 Å². The number of nitrogens with zero attached hydrogens (tertiary/aromatic N) is 3. The maximum Gasteiger partial charge on any atom is 0.322 e. The van der Waals surface area contributed by atoms with Gasteiger partial charge in [0.1, 0.15) is 16.8 Å². The Morgan fingerprint density at radius 3 is 2.85 bits per heavy atom. The number of rotatable bonds is 5. The van der Waals surface area contributed by atoms with E-state index in [9.17, 15) is 9.59 Å².